The molecule has 1 fully saturated rings. The van der Waals surface area contributed by atoms with E-state index in [-0.39, 0.29) is 35.6 Å². The Morgan fingerprint density at radius 1 is 1.05 bits per heavy atom. The zero-order valence-electron chi connectivity index (χ0n) is 22.5. The van der Waals surface area contributed by atoms with E-state index >= 15 is 0 Å². The fraction of sp³-hybridized carbons (Fsp3) is 0.419. The molecular formula is C31H38N2O4. The molecule has 1 aliphatic rings. The predicted molar refractivity (Wildman–Crippen MR) is 145 cm³/mol. The largest absolute Gasteiger partial charge is 0.497 e. The van der Waals surface area contributed by atoms with Crippen molar-refractivity contribution in [3.8, 4) is 5.75 Å². The molecule has 4 rings (SSSR count). The third-order valence-corrected chi connectivity index (χ3v) is 7.00. The van der Waals surface area contributed by atoms with Gasteiger partial charge in [0.15, 0.2) is 5.76 Å². The lowest BCUT2D eigenvalue weighted by Gasteiger charge is -2.32. The minimum Gasteiger partial charge on any atom is -0.497 e. The Morgan fingerprint density at radius 2 is 1.70 bits per heavy atom. The molecule has 37 heavy (non-hydrogen) atoms. The molecule has 0 spiro atoms. The minimum absolute atomic E-state index is 0.125. The average molecular weight is 503 g/mol. The van der Waals surface area contributed by atoms with Crippen LogP contribution in [-0.2, 0) is 16.8 Å². The van der Waals surface area contributed by atoms with Gasteiger partial charge in [-0.1, -0.05) is 76.1 Å². The van der Waals surface area contributed by atoms with E-state index in [0.717, 1.165) is 48.1 Å². The third kappa shape index (κ3) is 6.24. The van der Waals surface area contributed by atoms with Gasteiger partial charge >= 0.3 is 0 Å². The first-order valence-electron chi connectivity index (χ1n) is 13.1. The Kier molecular flexibility index (Phi) is 8.06. The molecule has 1 saturated carbocycles. The fourth-order valence-electron chi connectivity index (χ4n) is 4.86. The van der Waals surface area contributed by atoms with Gasteiger partial charge in [0.05, 0.1) is 7.11 Å². The number of carbonyl (C=O) groups excluding carboxylic acids is 2. The van der Waals surface area contributed by atoms with Gasteiger partial charge in [0.25, 0.3) is 5.91 Å². The maximum absolute atomic E-state index is 14.2. The molecule has 1 atom stereocenters. The lowest BCUT2D eigenvalue weighted by Crippen LogP contribution is -2.46. The summed E-state index contributed by atoms with van der Waals surface area (Å²) in [7, 11) is 1.61. The number of rotatable bonds is 8. The number of hydrogen-bond acceptors (Lipinski definition) is 4. The van der Waals surface area contributed by atoms with Gasteiger partial charge < -0.3 is 19.4 Å². The molecule has 0 bridgehead atoms. The van der Waals surface area contributed by atoms with Crippen LogP contribution in [-0.4, -0.2) is 29.9 Å². The predicted octanol–water partition coefficient (Wildman–Crippen LogP) is 6.34. The lowest BCUT2D eigenvalue weighted by atomic mass is 9.93. The van der Waals surface area contributed by atoms with Gasteiger partial charge in [-0.15, -0.1) is 0 Å². The molecule has 1 aromatic heterocycles. The van der Waals surface area contributed by atoms with Crippen LogP contribution >= 0.6 is 0 Å². The van der Waals surface area contributed by atoms with Crippen molar-refractivity contribution in [2.45, 2.75) is 77.4 Å². The molecule has 6 nitrogen and oxygen atoms in total. The summed E-state index contributed by atoms with van der Waals surface area (Å²) in [4.78, 5) is 29.8. The second-order valence-electron chi connectivity index (χ2n) is 11.0. The summed E-state index contributed by atoms with van der Waals surface area (Å²) in [5.74, 6) is 1.22. The van der Waals surface area contributed by atoms with Crippen molar-refractivity contribution >= 4 is 11.8 Å². The standard InChI is InChI=1S/C31H38N2O4/c1-21-19-26(31(2,3)4)37-28(21)30(35)33(20-22-11-7-6-8-12-22)27(23-15-17-25(36-5)18-16-23)29(34)32-24-13-9-10-14-24/h6-8,11-12,15-19,24,27H,9-10,13-14,20H2,1-5H3,(H,32,34). The quantitative estimate of drug-likeness (QED) is 0.390. The molecule has 0 aliphatic heterocycles. The Bertz CT molecular complexity index is 1200. The summed E-state index contributed by atoms with van der Waals surface area (Å²) >= 11 is 0. The topological polar surface area (TPSA) is 71.8 Å². The van der Waals surface area contributed by atoms with E-state index in [1.807, 2.05) is 67.6 Å². The first-order chi connectivity index (χ1) is 17.7. The van der Waals surface area contributed by atoms with Crippen LogP contribution in [0.3, 0.4) is 0 Å². The zero-order chi connectivity index (χ0) is 26.6. The summed E-state index contributed by atoms with van der Waals surface area (Å²) < 4.78 is 11.5. The molecule has 3 aromatic rings. The van der Waals surface area contributed by atoms with Crippen molar-refractivity contribution in [3.05, 3.63) is 88.9 Å². The van der Waals surface area contributed by atoms with Crippen molar-refractivity contribution in [2.75, 3.05) is 7.11 Å². The number of methoxy groups -OCH3 is 1. The van der Waals surface area contributed by atoms with Crippen LogP contribution in [0.1, 0.15) is 85.5 Å². The zero-order valence-corrected chi connectivity index (χ0v) is 22.5. The van der Waals surface area contributed by atoms with Gasteiger partial charge in [-0.2, -0.15) is 0 Å². The fourth-order valence-corrected chi connectivity index (χ4v) is 4.86. The van der Waals surface area contributed by atoms with Crippen LogP contribution in [0.2, 0.25) is 0 Å². The number of hydrogen-bond donors (Lipinski definition) is 1. The van der Waals surface area contributed by atoms with Crippen LogP contribution in [0.5, 0.6) is 5.75 Å². The maximum Gasteiger partial charge on any atom is 0.291 e. The molecule has 6 heteroatoms. The molecule has 2 aromatic carbocycles. The van der Waals surface area contributed by atoms with Crippen LogP contribution in [0.15, 0.2) is 65.1 Å². The van der Waals surface area contributed by atoms with Crippen molar-refractivity contribution < 1.29 is 18.7 Å². The van der Waals surface area contributed by atoms with E-state index in [1.165, 1.54) is 0 Å². The van der Waals surface area contributed by atoms with E-state index in [4.69, 9.17) is 9.15 Å². The Hall–Kier alpha value is -3.54. The molecule has 1 unspecified atom stereocenters. The molecule has 1 heterocycles. The molecule has 0 radical (unpaired) electrons. The highest BCUT2D eigenvalue weighted by Crippen LogP contribution is 2.32. The maximum atomic E-state index is 14.2. The SMILES string of the molecule is COc1ccc(C(C(=O)NC2CCCC2)N(Cc2ccccc2)C(=O)c2oc(C(C)(C)C)cc2C)cc1. The Labute approximate surface area is 220 Å². The molecular weight excluding hydrogens is 464 g/mol. The van der Waals surface area contributed by atoms with Crippen molar-refractivity contribution in [2.24, 2.45) is 0 Å². The molecule has 1 N–H and O–H groups in total. The number of benzene rings is 2. The Balaban J connectivity index is 1.79. The average Bonchev–Trinajstić information content (AvgIpc) is 3.53. The third-order valence-electron chi connectivity index (χ3n) is 7.00. The monoisotopic (exact) mass is 502 g/mol. The summed E-state index contributed by atoms with van der Waals surface area (Å²) in [5.41, 5.74) is 2.17. The highest BCUT2D eigenvalue weighted by Gasteiger charge is 2.36. The molecule has 196 valence electrons. The lowest BCUT2D eigenvalue weighted by molar-refractivity contribution is -0.126. The number of amides is 2. The number of nitrogens with one attached hydrogen (secondary N) is 1. The summed E-state index contributed by atoms with van der Waals surface area (Å²) in [6.45, 7) is 8.30. The number of nitrogens with zero attached hydrogens (tertiary/aromatic N) is 1. The Morgan fingerprint density at radius 3 is 2.27 bits per heavy atom. The molecule has 2 amide bonds. The number of carbonyl (C=O) groups is 2. The van der Waals surface area contributed by atoms with Crippen LogP contribution in [0.4, 0.5) is 0 Å². The van der Waals surface area contributed by atoms with E-state index in [2.05, 4.69) is 26.1 Å². The van der Waals surface area contributed by atoms with Crippen LogP contribution in [0.25, 0.3) is 0 Å². The van der Waals surface area contributed by atoms with E-state index in [1.54, 1.807) is 12.0 Å². The second-order valence-corrected chi connectivity index (χ2v) is 11.0. The highest BCUT2D eigenvalue weighted by atomic mass is 16.5. The van der Waals surface area contributed by atoms with Gasteiger partial charge in [-0.05, 0) is 49.1 Å². The first kappa shape index (κ1) is 26.5. The van der Waals surface area contributed by atoms with Gasteiger partial charge in [-0.3, -0.25) is 9.59 Å². The van der Waals surface area contributed by atoms with E-state index in [0.29, 0.717) is 5.75 Å². The van der Waals surface area contributed by atoms with E-state index in [9.17, 15) is 9.59 Å². The smallest absolute Gasteiger partial charge is 0.291 e. The molecule has 0 saturated heterocycles. The van der Waals surface area contributed by atoms with Crippen LogP contribution in [0, 0.1) is 6.92 Å². The van der Waals surface area contributed by atoms with Crippen molar-refractivity contribution in [3.63, 3.8) is 0 Å². The van der Waals surface area contributed by atoms with Crippen molar-refractivity contribution in [1.29, 1.82) is 0 Å². The van der Waals surface area contributed by atoms with Crippen molar-refractivity contribution in [1.82, 2.24) is 10.2 Å². The number of aryl methyl sites for hydroxylation is 1. The van der Waals surface area contributed by atoms with Gasteiger partial charge in [0.1, 0.15) is 17.6 Å². The van der Waals surface area contributed by atoms with Gasteiger partial charge in [0.2, 0.25) is 5.91 Å². The molecule has 1 aliphatic carbocycles. The first-order valence-corrected chi connectivity index (χ1v) is 13.1. The number of furan rings is 1. The summed E-state index contributed by atoms with van der Waals surface area (Å²) in [5, 5.41) is 3.23. The van der Waals surface area contributed by atoms with E-state index < -0.39 is 6.04 Å². The normalized spacial score (nSPS) is 14.8. The minimum atomic E-state index is -0.832. The van der Waals surface area contributed by atoms with Crippen LogP contribution < -0.4 is 10.1 Å². The second kappa shape index (κ2) is 11.2. The summed E-state index contributed by atoms with van der Waals surface area (Å²) in [6.07, 6.45) is 4.12. The highest BCUT2D eigenvalue weighted by molar-refractivity contribution is 5.97. The van der Waals surface area contributed by atoms with Gasteiger partial charge in [0, 0.05) is 23.6 Å². The van der Waals surface area contributed by atoms with Gasteiger partial charge in [-0.25, -0.2) is 0 Å². The number of ether oxygens (including phenoxy) is 1. The summed E-state index contributed by atoms with van der Waals surface area (Å²) in [6, 6.07) is 18.3.